The van der Waals surface area contributed by atoms with Crippen molar-refractivity contribution in [2.24, 2.45) is 0 Å². The number of hydrogen-bond donors (Lipinski definition) is 1. The Morgan fingerprint density at radius 2 is 2.23 bits per heavy atom. The van der Waals surface area contributed by atoms with Crippen LogP contribution in [0.2, 0.25) is 0 Å². The molecule has 0 spiro atoms. The van der Waals surface area contributed by atoms with Crippen LogP contribution in [-0.4, -0.2) is 48.2 Å². The summed E-state index contributed by atoms with van der Waals surface area (Å²) in [6, 6.07) is 9.81. The van der Waals surface area contributed by atoms with E-state index in [1.165, 1.54) is 12.1 Å². The number of nitrogens with zero attached hydrogens (tertiary/aromatic N) is 2. The second kappa shape index (κ2) is 8.62. The van der Waals surface area contributed by atoms with E-state index in [1.807, 2.05) is 12.1 Å². The van der Waals surface area contributed by atoms with Gasteiger partial charge in [0.25, 0.3) is 5.91 Å². The number of ether oxygens (including phenoxy) is 2. The van der Waals surface area contributed by atoms with Crippen molar-refractivity contribution in [2.45, 2.75) is 18.9 Å². The maximum atomic E-state index is 13.6. The Morgan fingerprint density at radius 1 is 1.38 bits per heavy atom. The van der Waals surface area contributed by atoms with E-state index in [2.05, 4.69) is 4.98 Å². The number of pyridine rings is 1. The van der Waals surface area contributed by atoms with Crippen LogP contribution >= 0.6 is 0 Å². The average Bonchev–Trinajstić information content (AvgIpc) is 2.66. The lowest BCUT2D eigenvalue weighted by Gasteiger charge is -2.33. The number of carbonyl (C=O) groups excluding carboxylic acids is 1. The first-order valence-corrected chi connectivity index (χ1v) is 8.59. The van der Waals surface area contributed by atoms with Crippen molar-refractivity contribution in [3.8, 4) is 5.75 Å². The number of amides is 1. The van der Waals surface area contributed by atoms with E-state index in [0.29, 0.717) is 25.5 Å². The quantitative estimate of drug-likeness (QED) is 0.854. The zero-order valence-electron chi connectivity index (χ0n) is 14.4. The van der Waals surface area contributed by atoms with Crippen LogP contribution in [0.3, 0.4) is 0 Å². The molecule has 0 saturated carbocycles. The van der Waals surface area contributed by atoms with Crippen molar-refractivity contribution in [1.82, 2.24) is 9.88 Å². The number of morpholine rings is 1. The third kappa shape index (κ3) is 4.92. The van der Waals surface area contributed by atoms with E-state index in [4.69, 9.17) is 15.2 Å². The van der Waals surface area contributed by atoms with E-state index >= 15 is 0 Å². The number of nitrogen functional groups attached to an aromatic ring is 1. The first-order chi connectivity index (χ1) is 12.6. The lowest BCUT2D eigenvalue weighted by molar-refractivity contribution is -0.141. The van der Waals surface area contributed by atoms with Gasteiger partial charge in [-0.05, 0) is 42.7 Å². The van der Waals surface area contributed by atoms with E-state index in [-0.39, 0.29) is 24.4 Å². The van der Waals surface area contributed by atoms with Crippen LogP contribution in [0, 0.1) is 5.82 Å². The maximum absolute atomic E-state index is 13.6. The second-order valence-electron chi connectivity index (χ2n) is 6.18. The minimum Gasteiger partial charge on any atom is -0.481 e. The number of halogens is 1. The van der Waals surface area contributed by atoms with E-state index in [9.17, 15) is 9.18 Å². The van der Waals surface area contributed by atoms with Gasteiger partial charge in [-0.15, -0.1) is 0 Å². The SMILES string of the molecule is Nc1cc(CCC2CN(C(=O)COc3ccccc3F)CCO2)ccn1. The predicted octanol–water partition coefficient (Wildman–Crippen LogP) is 2.04. The molecule has 1 atom stereocenters. The van der Waals surface area contributed by atoms with Crippen LogP contribution < -0.4 is 10.5 Å². The Bertz CT molecular complexity index is 756. The van der Waals surface area contributed by atoms with Gasteiger partial charge in [-0.1, -0.05) is 12.1 Å². The molecule has 0 radical (unpaired) electrons. The Kier molecular flexibility index (Phi) is 6.01. The maximum Gasteiger partial charge on any atom is 0.260 e. The highest BCUT2D eigenvalue weighted by Crippen LogP contribution is 2.17. The summed E-state index contributed by atoms with van der Waals surface area (Å²) in [7, 11) is 0. The summed E-state index contributed by atoms with van der Waals surface area (Å²) in [5.74, 6) is -0.0680. The minimum absolute atomic E-state index is 0.0458. The highest BCUT2D eigenvalue weighted by atomic mass is 19.1. The molecule has 2 heterocycles. The van der Waals surface area contributed by atoms with Crippen molar-refractivity contribution < 1.29 is 18.7 Å². The molecule has 1 fully saturated rings. The van der Waals surface area contributed by atoms with Crippen molar-refractivity contribution in [2.75, 3.05) is 32.0 Å². The van der Waals surface area contributed by atoms with Gasteiger partial charge in [-0.3, -0.25) is 4.79 Å². The van der Waals surface area contributed by atoms with Crippen LogP contribution in [0.25, 0.3) is 0 Å². The Hall–Kier alpha value is -2.67. The third-order valence-corrected chi connectivity index (χ3v) is 4.28. The second-order valence-corrected chi connectivity index (χ2v) is 6.18. The predicted molar refractivity (Wildman–Crippen MR) is 95.2 cm³/mol. The number of carbonyl (C=O) groups is 1. The third-order valence-electron chi connectivity index (χ3n) is 4.28. The van der Waals surface area contributed by atoms with Crippen molar-refractivity contribution >= 4 is 11.7 Å². The largest absolute Gasteiger partial charge is 0.481 e. The van der Waals surface area contributed by atoms with Crippen LogP contribution in [0.5, 0.6) is 5.75 Å². The highest BCUT2D eigenvalue weighted by Gasteiger charge is 2.24. The van der Waals surface area contributed by atoms with Crippen LogP contribution in [0.15, 0.2) is 42.6 Å². The van der Waals surface area contributed by atoms with E-state index < -0.39 is 5.82 Å². The van der Waals surface area contributed by atoms with Crippen LogP contribution in [-0.2, 0) is 16.0 Å². The molecule has 0 aliphatic carbocycles. The molecule has 6 nitrogen and oxygen atoms in total. The van der Waals surface area contributed by atoms with Gasteiger partial charge in [0.1, 0.15) is 5.82 Å². The fourth-order valence-electron chi connectivity index (χ4n) is 2.89. The average molecular weight is 359 g/mol. The summed E-state index contributed by atoms with van der Waals surface area (Å²) in [5.41, 5.74) is 6.78. The number of benzene rings is 1. The Labute approximate surface area is 151 Å². The number of anilines is 1. The summed E-state index contributed by atoms with van der Waals surface area (Å²) >= 11 is 0. The Morgan fingerprint density at radius 3 is 3.04 bits per heavy atom. The molecule has 2 N–H and O–H groups in total. The molecule has 138 valence electrons. The Balaban J connectivity index is 1.48. The molecular weight excluding hydrogens is 337 g/mol. The van der Waals surface area contributed by atoms with Gasteiger partial charge >= 0.3 is 0 Å². The molecule has 3 rings (SSSR count). The van der Waals surface area contributed by atoms with Crippen molar-refractivity contribution in [3.05, 3.63) is 54.0 Å². The first kappa shape index (κ1) is 18.1. The van der Waals surface area contributed by atoms with Gasteiger partial charge in [0, 0.05) is 19.3 Å². The van der Waals surface area contributed by atoms with Gasteiger partial charge in [0.2, 0.25) is 0 Å². The molecule has 2 aromatic rings. The fourth-order valence-corrected chi connectivity index (χ4v) is 2.89. The number of aryl methyl sites for hydroxylation is 1. The van der Waals surface area contributed by atoms with E-state index in [0.717, 1.165) is 18.4 Å². The number of nitrogens with two attached hydrogens (primary N) is 1. The smallest absolute Gasteiger partial charge is 0.260 e. The summed E-state index contributed by atoms with van der Waals surface area (Å²) in [5, 5.41) is 0. The number of para-hydroxylation sites is 1. The molecule has 7 heteroatoms. The van der Waals surface area contributed by atoms with Gasteiger partial charge in [-0.25, -0.2) is 9.37 Å². The van der Waals surface area contributed by atoms with E-state index in [1.54, 1.807) is 23.2 Å². The molecule has 1 aromatic heterocycles. The summed E-state index contributed by atoms with van der Waals surface area (Å²) in [6.45, 7) is 1.31. The topological polar surface area (TPSA) is 77.7 Å². The summed E-state index contributed by atoms with van der Waals surface area (Å²) < 4.78 is 24.6. The minimum atomic E-state index is -0.475. The van der Waals surface area contributed by atoms with Crippen molar-refractivity contribution in [3.63, 3.8) is 0 Å². The first-order valence-electron chi connectivity index (χ1n) is 8.59. The zero-order chi connectivity index (χ0) is 18.4. The number of aromatic nitrogens is 1. The monoisotopic (exact) mass is 359 g/mol. The van der Waals surface area contributed by atoms with Gasteiger partial charge in [0.15, 0.2) is 18.2 Å². The number of rotatable bonds is 6. The molecular formula is C19H22FN3O3. The normalized spacial score (nSPS) is 17.1. The zero-order valence-corrected chi connectivity index (χ0v) is 14.4. The standard InChI is InChI=1S/C19H22FN3O3/c20-16-3-1-2-4-17(16)26-13-19(24)23-9-10-25-15(12-23)6-5-14-7-8-22-18(21)11-14/h1-4,7-8,11,15H,5-6,9-10,12-13H2,(H2,21,22). The summed E-state index contributed by atoms with van der Waals surface area (Å²) in [6.07, 6.45) is 3.21. The lowest BCUT2D eigenvalue weighted by Crippen LogP contribution is -2.47. The van der Waals surface area contributed by atoms with Gasteiger partial charge < -0.3 is 20.1 Å². The molecule has 26 heavy (non-hydrogen) atoms. The molecule has 1 aromatic carbocycles. The van der Waals surface area contributed by atoms with Crippen LogP contribution in [0.1, 0.15) is 12.0 Å². The van der Waals surface area contributed by atoms with Crippen molar-refractivity contribution in [1.29, 1.82) is 0 Å². The lowest BCUT2D eigenvalue weighted by atomic mass is 10.1. The van der Waals surface area contributed by atoms with Gasteiger partial charge in [-0.2, -0.15) is 0 Å². The molecule has 1 aliphatic rings. The molecule has 1 saturated heterocycles. The highest BCUT2D eigenvalue weighted by molar-refractivity contribution is 5.77. The molecule has 1 amide bonds. The van der Waals surface area contributed by atoms with Crippen LogP contribution in [0.4, 0.5) is 10.2 Å². The molecule has 1 aliphatic heterocycles. The van der Waals surface area contributed by atoms with Gasteiger partial charge in [0.05, 0.1) is 12.7 Å². The molecule has 0 bridgehead atoms. The summed E-state index contributed by atoms with van der Waals surface area (Å²) in [4.78, 5) is 18.0. The fraction of sp³-hybridized carbons (Fsp3) is 0.368. The number of hydrogen-bond acceptors (Lipinski definition) is 5. The molecule has 1 unspecified atom stereocenters.